The second-order valence-electron chi connectivity index (χ2n) is 10.5. The fourth-order valence-electron chi connectivity index (χ4n) is 5.33. The van der Waals surface area contributed by atoms with Gasteiger partial charge in [-0.25, -0.2) is 9.78 Å². The van der Waals surface area contributed by atoms with Gasteiger partial charge in [-0.1, -0.05) is 11.6 Å². The SMILES string of the molecule is O=C(C[C@H]1CCN(C(=O)Nc2cccnc2)C1)Nc1ccc2cc1CCC1C=NC=C(C1)Nc1ncc(Cl)c(n1)N2. The van der Waals surface area contributed by atoms with Gasteiger partial charge >= 0.3 is 6.03 Å². The van der Waals surface area contributed by atoms with Crippen LogP contribution in [0, 0.1) is 11.8 Å². The van der Waals surface area contributed by atoms with Crippen LogP contribution in [0.4, 0.5) is 33.6 Å². The van der Waals surface area contributed by atoms with Gasteiger partial charge in [0.2, 0.25) is 11.9 Å². The number of aryl methyl sites for hydroxylation is 1. The highest BCUT2D eigenvalue weighted by Gasteiger charge is 2.28. The Morgan fingerprint density at radius 2 is 2.05 bits per heavy atom. The molecule has 1 unspecified atom stereocenters. The van der Waals surface area contributed by atoms with Crippen molar-refractivity contribution in [2.45, 2.75) is 32.1 Å². The molecular formula is C29H30ClN9O2. The molecule has 2 atom stereocenters. The van der Waals surface area contributed by atoms with Crippen molar-refractivity contribution in [2.24, 2.45) is 16.8 Å². The van der Waals surface area contributed by atoms with E-state index in [0.717, 1.165) is 48.3 Å². The number of benzene rings is 1. The number of rotatable bonds is 4. The first-order valence-electron chi connectivity index (χ1n) is 13.7. The highest BCUT2D eigenvalue weighted by molar-refractivity contribution is 6.32. The zero-order valence-electron chi connectivity index (χ0n) is 22.3. The molecular weight excluding hydrogens is 542 g/mol. The summed E-state index contributed by atoms with van der Waals surface area (Å²) in [5.74, 6) is 1.19. The van der Waals surface area contributed by atoms with Gasteiger partial charge in [-0.3, -0.25) is 14.8 Å². The summed E-state index contributed by atoms with van der Waals surface area (Å²) < 4.78 is 0. The van der Waals surface area contributed by atoms with Crippen LogP contribution in [0.25, 0.3) is 0 Å². The molecule has 2 aromatic heterocycles. The van der Waals surface area contributed by atoms with Crippen molar-refractivity contribution in [1.82, 2.24) is 19.9 Å². The second-order valence-corrected chi connectivity index (χ2v) is 10.9. The van der Waals surface area contributed by atoms with Crippen LogP contribution >= 0.6 is 11.6 Å². The number of likely N-dealkylation sites (tertiary alicyclic amines) is 1. The largest absolute Gasteiger partial charge is 0.339 e. The van der Waals surface area contributed by atoms with Gasteiger partial charge < -0.3 is 26.2 Å². The lowest BCUT2D eigenvalue weighted by molar-refractivity contribution is -0.117. The molecule has 1 saturated heterocycles. The third-order valence-electron chi connectivity index (χ3n) is 7.41. The number of amides is 3. The minimum Gasteiger partial charge on any atom is -0.339 e. The van der Waals surface area contributed by atoms with E-state index in [1.807, 2.05) is 24.4 Å². The molecule has 1 aromatic carbocycles. The molecule has 12 heteroatoms. The van der Waals surface area contributed by atoms with Crippen LogP contribution in [0.5, 0.6) is 0 Å². The van der Waals surface area contributed by atoms with Gasteiger partial charge in [-0.05, 0) is 67.5 Å². The Hall–Kier alpha value is -4.51. The van der Waals surface area contributed by atoms with E-state index in [9.17, 15) is 9.59 Å². The Morgan fingerprint density at radius 3 is 2.93 bits per heavy atom. The summed E-state index contributed by atoms with van der Waals surface area (Å²) in [6.45, 7) is 1.14. The average Bonchev–Trinajstić information content (AvgIpc) is 3.44. The average molecular weight is 572 g/mol. The molecule has 6 bridgehead atoms. The number of nitrogens with zero attached hydrogens (tertiary/aromatic N) is 5. The third-order valence-corrected chi connectivity index (χ3v) is 7.69. The Kier molecular flexibility index (Phi) is 7.77. The summed E-state index contributed by atoms with van der Waals surface area (Å²) in [5, 5.41) is 12.9. The molecule has 5 heterocycles. The molecule has 3 aromatic rings. The lowest BCUT2D eigenvalue weighted by Crippen LogP contribution is -2.33. The van der Waals surface area contributed by atoms with Crippen LogP contribution in [-0.4, -0.2) is 51.1 Å². The van der Waals surface area contributed by atoms with Gasteiger partial charge in [-0.15, -0.1) is 0 Å². The molecule has 3 aliphatic heterocycles. The monoisotopic (exact) mass is 571 g/mol. The van der Waals surface area contributed by atoms with Gasteiger partial charge in [0.1, 0.15) is 5.02 Å². The number of carbonyl (C=O) groups is 2. The minimum atomic E-state index is -0.175. The minimum absolute atomic E-state index is 0.0680. The van der Waals surface area contributed by atoms with Crippen molar-refractivity contribution in [2.75, 3.05) is 34.4 Å². The first kappa shape index (κ1) is 26.7. The molecule has 0 radical (unpaired) electrons. The van der Waals surface area contributed by atoms with E-state index in [-0.39, 0.29) is 23.8 Å². The first-order valence-corrected chi connectivity index (χ1v) is 14.0. The number of anilines is 5. The van der Waals surface area contributed by atoms with Crippen molar-refractivity contribution < 1.29 is 9.59 Å². The molecule has 210 valence electrons. The number of carbonyl (C=O) groups excluding carboxylic acids is 2. The second kappa shape index (κ2) is 11.9. The molecule has 6 rings (SSSR count). The van der Waals surface area contributed by atoms with Crippen LogP contribution in [0.1, 0.15) is 31.2 Å². The first-order chi connectivity index (χ1) is 20.0. The molecule has 3 amide bonds. The molecule has 11 nitrogen and oxygen atoms in total. The molecule has 4 N–H and O–H groups in total. The lowest BCUT2D eigenvalue weighted by Gasteiger charge is -2.19. The smallest absolute Gasteiger partial charge is 0.321 e. The lowest BCUT2D eigenvalue weighted by atomic mass is 9.94. The number of urea groups is 1. The Balaban J connectivity index is 1.13. The zero-order chi connectivity index (χ0) is 28.2. The number of pyridine rings is 1. The van der Waals surface area contributed by atoms with Crippen molar-refractivity contribution in [3.05, 3.63) is 71.4 Å². The van der Waals surface area contributed by atoms with Gasteiger partial charge in [-0.2, -0.15) is 4.98 Å². The topological polar surface area (TPSA) is 137 Å². The summed E-state index contributed by atoms with van der Waals surface area (Å²) in [5.41, 5.74) is 4.18. The van der Waals surface area contributed by atoms with Crippen LogP contribution in [-0.2, 0) is 11.2 Å². The summed E-state index contributed by atoms with van der Waals surface area (Å²) in [7, 11) is 0. The van der Waals surface area contributed by atoms with Crippen molar-refractivity contribution in [3.63, 3.8) is 0 Å². The number of fused-ring (bicyclic) bond motifs is 6. The van der Waals surface area contributed by atoms with Crippen LogP contribution in [0.2, 0.25) is 5.02 Å². The van der Waals surface area contributed by atoms with E-state index in [2.05, 4.69) is 41.2 Å². The van der Waals surface area contributed by atoms with Crippen LogP contribution in [0.3, 0.4) is 0 Å². The summed E-state index contributed by atoms with van der Waals surface area (Å²) in [4.78, 5) is 44.8. The number of aliphatic imine (C=N–C) groups is 1. The Bertz CT molecular complexity index is 1510. The van der Waals surface area contributed by atoms with Gasteiger partial charge in [0, 0.05) is 61.1 Å². The van der Waals surface area contributed by atoms with E-state index >= 15 is 0 Å². The maximum Gasteiger partial charge on any atom is 0.321 e. The number of nitrogens with one attached hydrogen (secondary N) is 4. The van der Waals surface area contributed by atoms with Crippen molar-refractivity contribution in [1.29, 1.82) is 0 Å². The quantitative estimate of drug-likeness (QED) is 0.327. The molecule has 3 aliphatic rings. The number of aromatic nitrogens is 3. The predicted molar refractivity (Wildman–Crippen MR) is 160 cm³/mol. The number of hydrogen-bond donors (Lipinski definition) is 4. The Morgan fingerprint density at radius 1 is 1.12 bits per heavy atom. The summed E-state index contributed by atoms with van der Waals surface area (Å²) >= 11 is 6.38. The van der Waals surface area contributed by atoms with E-state index in [1.54, 1.807) is 41.8 Å². The zero-order valence-corrected chi connectivity index (χ0v) is 23.1. The molecule has 41 heavy (non-hydrogen) atoms. The number of allylic oxidation sites excluding steroid dienone is 1. The van der Waals surface area contributed by atoms with E-state index in [1.165, 1.54) is 0 Å². The maximum absolute atomic E-state index is 13.1. The highest BCUT2D eigenvalue weighted by atomic mass is 35.5. The predicted octanol–water partition coefficient (Wildman–Crippen LogP) is 5.44. The molecule has 0 spiro atoms. The molecule has 0 saturated carbocycles. The van der Waals surface area contributed by atoms with Crippen molar-refractivity contribution >= 4 is 58.6 Å². The van der Waals surface area contributed by atoms with Crippen LogP contribution in [0.15, 0.2) is 65.8 Å². The van der Waals surface area contributed by atoms with E-state index in [4.69, 9.17) is 11.6 Å². The Labute approximate surface area is 242 Å². The van der Waals surface area contributed by atoms with Gasteiger partial charge in [0.15, 0.2) is 5.82 Å². The summed E-state index contributed by atoms with van der Waals surface area (Å²) in [6.07, 6.45) is 12.1. The van der Waals surface area contributed by atoms with Crippen LogP contribution < -0.4 is 21.3 Å². The molecule has 0 aliphatic carbocycles. The summed E-state index contributed by atoms with van der Waals surface area (Å²) in [6, 6.07) is 9.22. The standard InChI is InChI=1S/C29H30ClN9O2/c30-24-16-33-28-35-23-10-18(13-32-15-23)3-4-20-12-21(34-27(24)38-28)5-6-25(20)37-26(40)11-19-7-9-39(17-19)29(41)36-22-2-1-8-31-14-22/h1-2,5-6,8,12-16,18-19H,3-4,7,9-11,17H2,(H,36,41)(H,37,40)(H2,33,34,35,38)/t18?,19-/m1/s1. The van der Waals surface area contributed by atoms with Crippen molar-refractivity contribution in [3.8, 4) is 0 Å². The van der Waals surface area contributed by atoms with Gasteiger partial charge in [0.05, 0.1) is 18.1 Å². The van der Waals surface area contributed by atoms with E-state index in [0.29, 0.717) is 42.0 Å². The van der Waals surface area contributed by atoms with E-state index < -0.39 is 0 Å². The highest BCUT2D eigenvalue weighted by Crippen LogP contribution is 2.31. The van der Waals surface area contributed by atoms with Gasteiger partial charge in [0.25, 0.3) is 0 Å². The number of hydrogen-bond acceptors (Lipinski definition) is 8. The number of halogens is 1. The maximum atomic E-state index is 13.1. The fraction of sp³-hybridized carbons (Fsp3) is 0.310. The third kappa shape index (κ3) is 6.63. The normalized spacial score (nSPS) is 19.4. The molecule has 1 fully saturated rings. The fourth-order valence-corrected chi connectivity index (χ4v) is 5.46.